The van der Waals surface area contributed by atoms with E-state index in [4.69, 9.17) is 9.47 Å². The molecule has 1 fully saturated rings. The molecule has 0 saturated carbocycles. The minimum atomic E-state index is -0.353. The Morgan fingerprint density at radius 3 is 2.41 bits per heavy atom. The molecular formula is C20H26N4O4S. The van der Waals surface area contributed by atoms with Crippen molar-refractivity contribution in [2.45, 2.75) is 19.3 Å². The van der Waals surface area contributed by atoms with Gasteiger partial charge in [0.25, 0.3) is 11.8 Å². The lowest BCUT2D eigenvalue weighted by atomic mass is 10.1. The average Bonchev–Trinajstić information content (AvgIpc) is 3.22. The van der Waals surface area contributed by atoms with E-state index in [2.05, 4.69) is 20.5 Å². The lowest BCUT2D eigenvalue weighted by Gasteiger charge is -2.26. The number of carbonyl (C=O) groups excluding carboxylic acids is 2. The molecule has 0 spiro atoms. The third kappa shape index (κ3) is 5.91. The van der Waals surface area contributed by atoms with E-state index in [1.807, 2.05) is 0 Å². The van der Waals surface area contributed by atoms with Gasteiger partial charge in [-0.3, -0.25) is 14.9 Å². The minimum absolute atomic E-state index is 0.234. The number of hydrogen-bond donors (Lipinski definition) is 2. The number of anilines is 1. The zero-order valence-electron chi connectivity index (χ0n) is 16.7. The maximum Gasteiger partial charge on any atom is 0.270 e. The van der Waals surface area contributed by atoms with Crippen molar-refractivity contribution in [1.82, 2.24) is 15.2 Å². The molecule has 0 atom stereocenters. The molecule has 2 amide bonds. The SMILES string of the molecule is COc1cc(OC)cc(C(=O)Nc2nc(C(=O)NCCN3CCCCC3)cs2)c1. The van der Waals surface area contributed by atoms with Crippen LogP contribution in [0.5, 0.6) is 11.5 Å². The van der Waals surface area contributed by atoms with Crippen LogP contribution in [0.2, 0.25) is 0 Å². The van der Waals surface area contributed by atoms with Crippen molar-refractivity contribution in [2.24, 2.45) is 0 Å². The van der Waals surface area contributed by atoms with Crippen molar-refractivity contribution in [3.8, 4) is 11.5 Å². The number of piperidine rings is 1. The second-order valence-corrected chi connectivity index (χ2v) is 7.61. The molecule has 8 nitrogen and oxygen atoms in total. The number of benzene rings is 1. The van der Waals surface area contributed by atoms with Crippen LogP contribution in [0.3, 0.4) is 0 Å². The van der Waals surface area contributed by atoms with Gasteiger partial charge in [0.15, 0.2) is 5.13 Å². The van der Waals surface area contributed by atoms with Crippen molar-refractivity contribution < 1.29 is 19.1 Å². The van der Waals surface area contributed by atoms with Crippen LogP contribution in [0.25, 0.3) is 0 Å². The number of nitrogens with one attached hydrogen (secondary N) is 2. The van der Waals surface area contributed by atoms with Gasteiger partial charge in [0.2, 0.25) is 0 Å². The lowest BCUT2D eigenvalue weighted by molar-refractivity contribution is 0.0941. The Morgan fingerprint density at radius 2 is 1.76 bits per heavy atom. The quantitative estimate of drug-likeness (QED) is 0.685. The van der Waals surface area contributed by atoms with Gasteiger partial charge < -0.3 is 19.7 Å². The number of rotatable bonds is 8. The summed E-state index contributed by atoms with van der Waals surface area (Å²) >= 11 is 1.21. The highest BCUT2D eigenvalue weighted by atomic mass is 32.1. The van der Waals surface area contributed by atoms with Gasteiger partial charge in [-0.1, -0.05) is 6.42 Å². The van der Waals surface area contributed by atoms with Gasteiger partial charge in [0, 0.05) is 30.1 Å². The highest BCUT2D eigenvalue weighted by molar-refractivity contribution is 7.14. The second kappa shape index (κ2) is 10.2. The summed E-state index contributed by atoms with van der Waals surface area (Å²) in [6.07, 6.45) is 3.74. The van der Waals surface area contributed by atoms with Crippen molar-refractivity contribution in [3.63, 3.8) is 0 Å². The van der Waals surface area contributed by atoms with Gasteiger partial charge in [0.05, 0.1) is 14.2 Å². The molecule has 2 aromatic rings. The summed E-state index contributed by atoms with van der Waals surface area (Å²) < 4.78 is 10.4. The van der Waals surface area contributed by atoms with Gasteiger partial charge in [0.1, 0.15) is 17.2 Å². The Labute approximate surface area is 174 Å². The molecule has 9 heteroatoms. The number of nitrogens with zero attached hydrogens (tertiary/aromatic N) is 2. The molecular weight excluding hydrogens is 392 g/mol. The molecule has 1 aliphatic heterocycles. The molecule has 0 aliphatic carbocycles. The number of carbonyl (C=O) groups is 2. The first-order valence-corrected chi connectivity index (χ1v) is 10.5. The monoisotopic (exact) mass is 418 g/mol. The molecule has 1 aromatic heterocycles. The molecule has 0 unspecified atom stereocenters. The molecule has 0 bridgehead atoms. The van der Waals surface area contributed by atoms with Crippen LogP contribution in [0.1, 0.15) is 40.1 Å². The van der Waals surface area contributed by atoms with Gasteiger partial charge in [-0.25, -0.2) is 4.98 Å². The molecule has 1 aromatic carbocycles. The fourth-order valence-corrected chi connectivity index (χ4v) is 3.83. The van der Waals surface area contributed by atoms with Crippen LogP contribution in [0, 0.1) is 0 Å². The number of aromatic nitrogens is 1. The first-order valence-electron chi connectivity index (χ1n) is 9.59. The van der Waals surface area contributed by atoms with E-state index in [0.29, 0.717) is 34.4 Å². The highest BCUT2D eigenvalue weighted by Crippen LogP contribution is 2.24. The average molecular weight is 419 g/mol. The number of methoxy groups -OCH3 is 2. The zero-order valence-corrected chi connectivity index (χ0v) is 17.5. The molecule has 0 radical (unpaired) electrons. The number of ether oxygens (including phenoxy) is 2. The molecule has 1 saturated heterocycles. The van der Waals surface area contributed by atoms with Crippen molar-refractivity contribution in [1.29, 1.82) is 0 Å². The van der Waals surface area contributed by atoms with E-state index < -0.39 is 0 Å². The Bertz CT molecular complexity index is 827. The van der Waals surface area contributed by atoms with E-state index in [1.165, 1.54) is 44.8 Å². The smallest absolute Gasteiger partial charge is 0.270 e. The molecule has 3 rings (SSSR count). The third-order valence-corrected chi connectivity index (χ3v) is 5.49. The first-order chi connectivity index (χ1) is 14.1. The molecule has 156 valence electrons. The fourth-order valence-electron chi connectivity index (χ4n) is 3.14. The van der Waals surface area contributed by atoms with E-state index in [-0.39, 0.29) is 11.8 Å². The highest BCUT2D eigenvalue weighted by Gasteiger charge is 2.15. The molecule has 1 aliphatic rings. The van der Waals surface area contributed by atoms with Crippen LogP contribution in [-0.4, -0.2) is 62.1 Å². The Hall–Kier alpha value is -2.65. The van der Waals surface area contributed by atoms with Crippen LogP contribution >= 0.6 is 11.3 Å². The predicted molar refractivity (Wildman–Crippen MR) is 112 cm³/mol. The van der Waals surface area contributed by atoms with Crippen LogP contribution in [0.4, 0.5) is 5.13 Å². The summed E-state index contributed by atoms with van der Waals surface area (Å²) in [5.41, 5.74) is 0.677. The number of thiazole rings is 1. The summed E-state index contributed by atoms with van der Waals surface area (Å²) in [6, 6.07) is 4.91. The van der Waals surface area contributed by atoms with Gasteiger partial charge >= 0.3 is 0 Å². The van der Waals surface area contributed by atoms with E-state index >= 15 is 0 Å². The van der Waals surface area contributed by atoms with Crippen LogP contribution in [0.15, 0.2) is 23.6 Å². The van der Waals surface area contributed by atoms with Crippen LogP contribution < -0.4 is 20.1 Å². The maximum absolute atomic E-state index is 12.5. The zero-order chi connectivity index (χ0) is 20.6. The minimum Gasteiger partial charge on any atom is -0.497 e. The maximum atomic E-state index is 12.5. The van der Waals surface area contributed by atoms with Gasteiger partial charge in [-0.15, -0.1) is 11.3 Å². The largest absolute Gasteiger partial charge is 0.497 e. The summed E-state index contributed by atoms with van der Waals surface area (Å²) in [6.45, 7) is 3.62. The van der Waals surface area contributed by atoms with Gasteiger partial charge in [-0.05, 0) is 38.1 Å². The number of likely N-dealkylation sites (tertiary alicyclic amines) is 1. The normalized spacial score (nSPS) is 14.3. The summed E-state index contributed by atoms with van der Waals surface area (Å²) in [7, 11) is 3.04. The summed E-state index contributed by atoms with van der Waals surface area (Å²) in [5, 5.41) is 7.60. The lowest BCUT2D eigenvalue weighted by Crippen LogP contribution is -2.37. The molecule has 2 heterocycles. The Morgan fingerprint density at radius 1 is 1.07 bits per heavy atom. The Balaban J connectivity index is 1.54. The third-order valence-electron chi connectivity index (χ3n) is 4.73. The van der Waals surface area contributed by atoms with E-state index in [9.17, 15) is 9.59 Å². The van der Waals surface area contributed by atoms with Crippen LogP contribution in [-0.2, 0) is 0 Å². The number of amides is 2. The fraction of sp³-hybridized carbons (Fsp3) is 0.450. The van der Waals surface area contributed by atoms with E-state index in [1.54, 1.807) is 23.6 Å². The topological polar surface area (TPSA) is 92.8 Å². The Kier molecular flexibility index (Phi) is 7.42. The van der Waals surface area contributed by atoms with Crippen molar-refractivity contribution in [3.05, 3.63) is 34.8 Å². The van der Waals surface area contributed by atoms with E-state index in [0.717, 1.165) is 19.6 Å². The predicted octanol–water partition coefficient (Wildman–Crippen LogP) is 2.63. The standard InChI is InChI=1S/C20H26N4O4S/c1-27-15-10-14(11-16(12-15)28-2)18(25)23-20-22-17(13-29-20)19(26)21-6-9-24-7-4-3-5-8-24/h10-13H,3-9H2,1-2H3,(H,21,26)(H,22,23,25). The van der Waals surface area contributed by atoms with Gasteiger partial charge in [-0.2, -0.15) is 0 Å². The van der Waals surface area contributed by atoms with Crippen molar-refractivity contribution in [2.75, 3.05) is 45.7 Å². The number of hydrogen-bond acceptors (Lipinski definition) is 7. The second-order valence-electron chi connectivity index (χ2n) is 6.75. The molecule has 29 heavy (non-hydrogen) atoms. The summed E-state index contributed by atoms with van der Waals surface area (Å²) in [5.74, 6) is 0.445. The summed E-state index contributed by atoms with van der Waals surface area (Å²) in [4.78, 5) is 31.4. The first kappa shape index (κ1) is 21.1. The molecule has 2 N–H and O–H groups in total. The van der Waals surface area contributed by atoms with Crippen molar-refractivity contribution >= 4 is 28.3 Å².